The molecule has 550 valence electrons. The second kappa shape index (κ2) is 38.4. The number of hydrogen-bond acceptors (Lipinski definition) is 17. The monoisotopic (exact) mass is 1400 g/mol. The molecule has 2 aromatic carbocycles. The number of benzene rings is 2. The quantitative estimate of drug-likeness (QED) is 0.0192. The van der Waals surface area contributed by atoms with Crippen LogP contribution >= 0.6 is 11.6 Å². The lowest BCUT2D eigenvalue weighted by molar-refractivity contribution is -0.187. The molecule has 0 unspecified atom stereocenters. The van der Waals surface area contributed by atoms with Crippen LogP contribution in [0.4, 0.5) is 15.3 Å². The van der Waals surface area contributed by atoms with Gasteiger partial charge in [0.05, 0.1) is 37.8 Å². The molecule has 3 heterocycles. The van der Waals surface area contributed by atoms with Crippen molar-refractivity contribution in [2.75, 3.05) is 59.9 Å². The number of amides is 7. The number of nitrogens with zero attached hydrogens (tertiary/aromatic N) is 3. The summed E-state index contributed by atoms with van der Waals surface area (Å²) in [5.74, 6) is -3.59. The van der Waals surface area contributed by atoms with E-state index in [2.05, 4.69) is 43.6 Å². The number of anilines is 1. The number of primary amides is 1. The first-order valence-electron chi connectivity index (χ1n) is 34.8. The molecule has 3 aliphatic heterocycles. The van der Waals surface area contributed by atoms with Gasteiger partial charge in [-0.1, -0.05) is 115 Å². The Morgan fingerprint density at radius 2 is 1.54 bits per heavy atom. The van der Waals surface area contributed by atoms with Gasteiger partial charge in [-0.05, 0) is 112 Å². The van der Waals surface area contributed by atoms with Gasteiger partial charge < -0.3 is 69.9 Å². The number of methoxy groups -OCH3 is 2. The Kier molecular flexibility index (Phi) is 31.9. The van der Waals surface area contributed by atoms with Crippen molar-refractivity contribution in [3.05, 3.63) is 81.9 Å². The van der Waals surface area contributed by atoms with Crippen LogP contribution in [0.25, 0.3) is 0 Å². The van der Waals surface area contributed by atoms with E-state index in [9.17, 15) is 53.1 Å². The lowest BCUT2D eigenvalue weighted by Gasteiger charge is -2.41. The van der Waals surface area contributed by atoms with E-state index in [1.54, 1.807) is 69.4 Å². The third kappa shape index (κ3) is 24.7. The highest BCUT2D eigenvalue weighted by molar-refractivity contribution is 6.35. The van der Waals surface area contributed by atoms with Crippen molar-refractivity contribution in [1.29, 1.82) is 0 Å². The topological polar surface area (TPSA) is 321 Å². The van der Waals surface area contributed by atoms with E-state index in [1.165, 1.54) is 49.9 Å². The van der Waals surface area contributed by atoms with Crippen molar-refractivity contribution in [1.82, 2.24) is 25.8 Å². The van der Waals surface area contributed by atoms with E-state index in [0.29, 0.717) is 60.2 Å². The Hall–Kier alpha value is -7.41. The highest BCUT2D eigenvalue weighted by Gasteiger charge is 2.64. The Morgan fingerprint density at radius 1 is 0.879 bits per heavy atom. The Balaban J connectivity index is 1.16. The number of likely N-dealkylation sites (N-methyl/N-ethyl adjacent to an activating group) is 1. The number of esters is 2. The van der Waals surface area contributed by atoms with Crippen molar-refractivity contribution in [2.24, 2.45) is 41.2 Å². The lowest BCUT2D eigenvalue weighted by Crippen LogP contribution is -2.53. The molecule has 0 radical (unpaired) electrons. The summed E-state index contributed by atoms with van der Waals surface area (Å²) in [7, 11) is 7.31. The van der Waals surface area contributed by atoms with E-state index in [1.807, 2.05) is 26.8 Å². The molecule has 10 atom stereocenters. The fourth-order valence-corrected chi connectivity index (χ4v) is 13.2. The first-order valence-corrected chi connectivity index (χ1v) is 35.2. The Bertz CT molecular complexity index is 3180. The minimum Gasteiger partial charge on any atom is -0.495 e. The molecule has 3 aliphatic rings. The molecule has 2 saturated heterocycles. The largest absolute Gasteiger partial charge is 0.495 e. The van der Waals surface area contributed by atoms with Gasteiger partial charge in [0.15, 0.2) is 5.78 Å². The number of unbranched alkanes of at least 4 members (excludes halogenated alkanes) is 2. The molecule has 2 aromatic rings. The van der Waals surface area contributed by atoms with Crippen LogP contribution in [-0.2, 0) is 81.5 Å². The minimum atomic E-state index is -1.66. The molecular weight excluding hydrogens is 1290 g/mol. The average molecular weight is 1410 g/mol. The molecule has 5 rings (SSSR count). The molecule has 0 aromatic heterocycles. The number of nitrogens with one attached hydrogen (secondary N) is 3. The van der Waals surface area contributed by atoms with E-state index >= 15 is 0 Å². The summed E-state index contributed by atoms with van der Waals surface area (Å²) in [5, 5.41) is 20.7. The fraction of sp³-hybridized carbons (Fsp3) is 0.649. The number of urea groups is 1. The van der Waals surface area contributed by atoms with Crippen LogP contribution in [0, 0.1) is 35.5 Å². The van der Waals surface area contributed by atoms with Crippen LogP contribution in [0.2, 0.25) is 5.02 Å². The highest BCUT2D eigenvalue weighted by Crippen LogP contribution is 2.50. The Morgan fingerprint density at radius 3 is 2.16 bits per heavy atom. The molecule has 0 spiro atoms. The molecule has 7 amide bonds. The maximum absolute atomic E-state index is 14.5. The number of Topliss-reactive ketones (excluding diaryl/α,β-unsaturated/α-hetero) is 2. The van der Waals surface area contributed by atoms with E-state index in [-0.39, 0.29) is 99.0 Å². The number of fused-ring (bicyclic) bond motifs is 5. The second-order valence-electron chi connectivity index (χ2n) is 28.6. The SMILES string of the molecule is COc1cc2cc(c1Cl)N(C)C(=O)C[C@H](OC(=O)[C@H](C)N(C)C(=O)CCN(C)C(=O)OCc1ccc(CC(=O)[C@H](CCCNC(N)=O)NC(=O)[C@@H](CC(=O)CCCCCNC(=O)C(CC(C)C)CC(C)C)C(C)C)cc1)[C@]1(C)O[C@H]1[C@H](C)[C@@H]1C[C@@](O)(CC(=O)O1)[C@H](OC)/C=C/C=C(\C)C2. The molecule has 25 heteroatoms. The van der Waals surface area contributed by atoms with Crippen molar-refractivity contribution in [3.63, 3.8) is 0 Å². The standard InChI is InChI=1S/C74H110ClN7O17/c1-44(2)33-53(34-45(3)4)68(88)77-30-18-16-17-22-54(83)39-55(46(5)6)69(89)79-56(23-20-31-78-71(76)91)58(84)37-50-25-27-51(28-26-50)43-96-72(92)80(11)32-29-63(85)81(12)49(9)70(90)98-62-40-64(86)82(13)57-36-52(38-59(94-14)66(57)75)35-47(7)21-19-24-61(95-15)74(93)41-60(97-65(87)42-74)48(8)67-73(62,10)99-67/h19,21,24-28,36,38,44-46,48-49,53,55-56,60-62,67,93H,16-18,20,22-23,29-35,37,39-43H2,1-15H3,(H,77,88)(H,79,89)(H3,76,78,91)/b24-19+,47-21+/t48-,49+,55+,56+,60+,61-,62+,67+,73+,74-/m1/s1. The molecule has 0 aliphatic carbocycles. The molecular formula is C74H110ClN7O17. The van der Waals surface area contributed by atoms with Crippen molar-refractivity contribution in [3.8, 4) is 5.75 Å². The van der Waals surface area contributed by atoms with Gasteiger partial charge in [-0.2, -0.15) is 0 Å². The Labute approximate surface area is 589 Å². The van der Waals surface area contributed by atoms with Gasteiger partial charge in [-0.15, -0.1) is 0 Å². The zero-order valence-electron chi connectivity index (χ0n) is 60.8. The summed E-state index contributed by atoms with van der Waals surface area (Å²) in [5.41, 5.74) is 5.49. The predicted molar refractivity (Wildman–Crippen MR) is 375 cm³/mol. The number of carbonyl (C=O) groups is 10. The zero-order chi connectivity index (χ0) is 73.6. The summed E-state index contributed by atoms with van der Waals surface area (Å²) in [6.45, 7) is 19.5. The normalized spacial score (nSPS) is 22.8. The number of ketones is 2. The smallest absolute Gasteiger partial charge is 0.409 e. The molecule has 2 fully saturated rings. The number of epoxide rings is 1. The summed E-state index contributed by atoms with van der Waals surface area (Å²) in [6, 6.07) is 7.46. The second-order valence-corrected chi connectivity index (χ2v) is 28.9. The first-order chi connectivity index (χ1) is 46.6. The number of halogens is 1. The van der Waals surface area contributed by atoms with Gasteiger partial charge in [0.2, 0.25) is 23.6 Å². The highest BCUT2D eigenvalue weighted by atomic mass is 35.5. The average Bonchev–Trinajstić information content (AvgIpc) is 1.58. The summed E-state index contributed by atoms with van der Waals surface area (Å²) >= 11 is 6.86. The van der Waals surface area contributed by atoms with E-state index in [4.69, 9.17) is 45.8 Å². The molecule has 6 N–H and O–H groups in total. The third-order valence-corrected chi connectivity index (χ3v) is 19.5. The minimum absolute atomic E-state index is 0.00765. The predicted octanol–water partition coefficient (Wildman–Crippen LogP) is 9.08. The van der Waals surface area contributed by atoms with Crippen LogP contribution < -0.4 is 31.3 Å². The number of carbonyl (C=O) groups excluding carboxylic acids is 10. The maximum atomic E-state index is 14.5. The number of allylic oxidation sites excluding steroid dienone is 3. The van der Waals surface area contributed by atoms with Gasteiger partial charge in [0.25, 0.3) is 0 Å². The first kappa shape index (κ1) is 82.3. The van der Waals surface area contributed by atoms with Gasteiger partial charge in [0.1, 0.15) is 58.7 Å². The van der Waals surface area contributed by atoms with E-state index in [0.717, 1.165) is 36.8 Å². The van der Waals surface area contributed by atoms with Crippen molar-refractivity contribution >= 4 is 76.5 Å². The number of rotatable bonds is 33. The van der Waals surface area contributed by atoms with Crippen LogP contribution in [0.1, 0.15) is 169 Å². The van der Waals surface area contributed by atoms with Gasteiger partial charge in [0, 0.05) is 97.7 Å². The molecule has 99 heavy (non-hydrogen) atoms. The summed E-state index contributed by atoms with van der Waals surface area (Å²) in [4.78, 5) is 138. The van der Waals surface area contributed by atoms with E-state index < -0.39 is 108 Å². The van der Waals surface area contributed by atoms with Gasteiger partial charge in [-0.25, -0.2) is 14.4 Å². The van der Waals surface area contributed by atoms with Crippen LogP contribution in [0.5, 0.6) is 5.75 Å². The summed E-state index contributed by atoms with van der Waals surface area (Å²) in [6.07, 6.45) is 4.73. The number of aliphatic hydroxyl groups is 1. The van der Waals surface area contributed by atoms with Crippen LogP contribution in [0.15, 0.2) is 60.2 Å². The molecule has 24 nitrogen and oxygen atoms in total. The molecule has 0 saturated carbocycles. The number of ether oxygens (including phenoxy) is 6. The van der Waals surface area contributed by atoms with Crippen LogP contribution in [-0.4, -0.2) is 177 Å². The maximum Gasteiger partial charge on any atom is 0.409 e. The third-order valence-electron chi connectivity index (χ3n) is 19.1. The van der Waals surface area contributed by atoms with Crippen molar-refractivity contribution < 1.29 is 81.5 Å². The number of hydrogen-bond donors (Lipinski definition) is 5. The summed E-state index contributed by atoms with van der Waals surface area (Å²) < 4.78 is 35.3. The van der Waals surface area contributed by atoms with Crippen molar-refractivity contribution in [2.45, 2.75) is 220 Å². The van der Waals surface area contributed by atoms with Gasteiger partial charge >= 0.3 is 24.1 Å². The lowest BCUT2D eigenvalue weighted by atomic mass is 9.78. The van der Waals surface area contributed by atoms with Gasteiger partial charge in [-0.3, -0.25) is 33.6 Å². The fourth-order valence-electron chi connectivity index (χ4n) is 12.9. The zero-order valence-corrected chi connectivity index (χ0v) is 61.6. The number of nitrogens with two attached hydrogens (primary N) is 1. The van der Waals surface area contributed by atoms with Crippen LogP contribution in [0.3, 0.4) is 0 Å². The molecule has 4 bridgehead atoms.